The third kappa shape index (κ3) is 3.89. The van der Waals surface area contributed by atoms with Gasteiger partial charge in [-0.15, -0.1) is 0 Å². The number of carbonyl (C=O) groups excluding carboxylic acids is 1. The van der Waals surface area contributed by atoms with E-state index in [9.17, 15) is 13.2 Å². The van der Waals surface area contributed by atoms with Gasteiger partial charge in [0.2, 0.25) is 5.91 Å². The van der Waals surface area contributed by atoms with E-state index in [1.165, 1.54) is 4.31 Å². The van der Waals surface area contributed by atoms with Crippen LogP contribution in [0.4, 0.5) is 5.69 Å². The van der Waals surface area contributed by atoms with Crippen LogP contribution >= 0.6 is 0 Å². The molecule has 2 aromatic rings. The number of benzene rings is 2. The summed E-state index contributed by atoms with van der Waals surface area (Å²) >= 11 is 0. The maximum Gasteiger partial charge on any atom is 0.264 e. The molecule has 1 saturated heterocycles. The van der Waals surface area contributed by atoms with Crippen molar-refractivity contribution in [3.8, 4) is 0 Å². The number of morpholine rings is 1. The summed E-state index contributed by atoms with van der Waals surface area (Å²) in [4.78, 5) is 14.5. The monoisotopic (exact) mass is 374 g/mol. The highest BCUT2D eigenvalue weighted by atomic mass is 32.2. The van der Waals surface area contributed by atoms with E-state index in [1.54, 1.807) is 47.4 Å². The quantitative estimate of drug-likeness (QED) is 0.803. The van der Waals surface area contributed by atoms with Crippen molar-refractivity contribution in [1.82, 2.24) is 4.90 Å². The van der Waals surface area contributed by atoms with Crippen molar-refractivity contribution in [2.75, 3.05) is 37.2 Å². The minimum atomic E-state index is -3.86. The van der Waals surface area contributed by atoms with E-state index in [0.717, 1.165) is 5.56 Å². The molecule has 0 N–H and O–H groups in total. The van der Waals surface area contributed by atoms with E-state index in [2.05, 4.69) is 0 Å². The van der Waals surface area contributed by atoms with Gasteiger partial charge in [0.1, 0.15) is 6.54 Å². The number of anilines is 1. The second-order valence-electron chi connectivity index (χ2n) is 6.10. The van der Waals surface area contributed by atoms with Gasteiger partial charge in [-0.2, -0.15) is 0 Å². The number of carbonyl (C=O) groups is 1. The van der Waals surface area contributed by atoms with Crippen LogP contribution < -0.4 is 4.31 Å². The van der Waals surface area contributed by atoms with E-state index >= 15 is 0 Å². The largest absolute Gasteiger partial charge is 0.378 e. The Kier molecular flexibility index (Phi) is 5.58. The molecule has 0 unspecified atom stereocenters. The lowest BCUT2D eigenvalue weighted by atomic mass is 10.2. The average molecular weight is 374 g/mol. The first-order valence-electron chi connectivity index (χ1n) is 8.49. The van der Waals surface area contributed by atoms with Crippen molar-refractivity contribution in [2.24, 2.45) is 0 Å². The van der Waals surface area contributed by atoms with Crippen LogP contribution in [0.15, 0.2) is 59.5 Å². The fraction of sp³-hybridized carbons (Fsp3) is 0.316. The second-order valence-corrected chi connectivity index (χ2v) is 7.97. The Labute approximate surface area is 154 Å². The first-order chi connectivity index (χ1) is 12.5. The van der Waals surface area contributed by atoms with Crippen molar-refractivity contribution >= 4 is 21.6 Å². The Morgan fingerprint density at radius 3 is 2.31 bits per heavy atom. The molecule has 2 aromatic carbocycles. The molecule has 0 atom stereocenters. The molecule has 26 heavy (non-hydrogen) atoms. The molecule has 1 heterocycles. The molecule has 3 rings (SSSR count). The minimum absolute atomic E-state index is 0.165. The first-order valence-corrected chi connectivity index (χ1v) is 9.93. The van der Waals surface area contributed by atoms with Crippen LogP contribution in [-0.2, 0) is 19.6 Å². The molecule has 0 aliphatic carbocycles. The highest BCUT2D eigenvalue weighted by Gasteiger charge is 2.30. The first kappa shape index (κ1) is 18.4. The number of sulfonamides is 1. The molecule has 6 nitrogen and oxygen atoms in total. The highest BCUT2D eigenvalue weighted by molar-refractivity contribution is 7.92. The van der Waals surface area contributed by atoms with Crippen molar-refractivity contribution in [1.29, 1.82) is 0 Å². The number of hydrogen-bond donors (Lipinski definition) is 0. The molecule has 0 aromatic heterocycles. The van der Waals surface area contributed by atoms with Gasteiger partial charge in [0, 0.05) is 13.1 Å². The summed E-state index contributed by atoms with van der Waals surface area (Å²) in [5.74, 6) is -0.226. The normalized spacial score (nSPS) is 14.9. The predicted octanol–water partition coefficient (Wildman–Crippen LogP) is 2.05. The molecule has 0 spiro atoms. The maximum atomic E-state index is 13.2. The zero-order valence-corrected chi connectivity index (χ0v) is 15.5. The number of rotatable bonds is 5. The van der Waals surface area contributed by atoms with Crippen molar-refractivity contribution in [3.63, 3.8) is 0 Å². The number of aryl methyl sites for hydroxylation is 1. The Balaban J connectivity index is 1.97. The molecular weight excluding hydrogens is 352 g/mol. The molecule has 1 fully saturated rings. The van der Waals surface area contributed by atoms with E-state index in [4.69, 9.17) is 4.74 Å². The van der Waals surface area contributed by atoms with Gasteiger partial charge in [0.05, 0.1) is 23.8 Å². The summed E-state index contributed by atoms with van der Waals surface area (Å²) in [7, 11) is -3.86. The lowest BCUT2D eigenvalue weighted by molar-refractivity contribution is -0.133. The van der Waals surface area contributed by atoms with Crippen LogP contribution in [0.25, 0.3) is 0 Å². The molecule has 1 amide bonds. The molecule has 0 radical (unpaired) electrons. The van der Waals surface area contributed by atoms with Crippen molar-refractivity contribution in [3.05, 3.63) is 60.2 Å². The van der Waals surface area contributed by atoms with Crippen molar-refractivity contribution in [2.45, 2.75) is 11.8 Å². The van der Waals surface area contributed by atoms with Crippen LogP contribution in [0, 0.1) is 6.92 Å². The topological polar surface area (TPSA) is 66.9 Å². The summed E-state index contributed by atoms with van der Waals surface area (Å²) < 4.78 is 32.9. The predicted molar refractivity (Wildman–Crippen MR) is 99.6 cm³/mol. The zero-order valence-electron chi connectivity index (χ0n) is 14.7. The van der Waals surface area contributed by atoms with E-state index in [0.29, 0.717) is 32.0 Å². The van der Waals surface area contributed by atoms with Gasteiger partial charge in [-0.3, -0.25) is 9.10 Å². The Morgan fingerprint density at radius 1 is 1.04 bits per heavy atom. The fourth-order valence-corrected chi connectivity index (χ4v) is 4.40. The third-order valence-corrected chi connectivity index (χ3v) is 6.13. The standard InChI is InChI=1S/C19H22N2O4S/c1-16-7-5-6-10-18(16)21(15-19(22)20-11-13-25-14-12-20)26(23,24)17-8-3-2-4-9-17/h2-10H,11-15H2,1H3. The van der Waals surface area contributed by atoms with Gasteiger partial charge in [-0.1, -0.05) is 36.4 Å². The molecule has 138 valence electrons. The SMILES string of the molecule is Cc1ccccc1N(CC(=O)N1CCOCC1)S(=O)(=O)c1ccccc1. The van der Waals surface area contributed by atoms with Gasteiger partial charge in [0.15, 0.2) is 0 Å². The summed E-state index contributed by atoms with van der Waals surface area (Å²) in [5.41, 5.74) is 1.31. The van der Waals surface area contributed by atoms with Crippen LogP contribution in [0.3, 0.4) is 0 Å². The molecule has 1 aliphatic heterocycles. The lowest BCUT2D eigenvalue weighted by Gasteiger charge is -2.31. The summed E-state index contributed by atoms with van der Waals surface area (Å²) in [6.07, 6.45) is 0. The zero-order chi connectivity index (χ0) is 18.6. The Hall–Kier alpha value is -2.38. The number of amides is 1. The Morgan fingerprint density at radius 2 is 1.65 bits per heavy atom. The van der Waals surface area contributed by atoms with Crippen LogP contribution in [-0.4, -0.2) is 52.1 Å². The van der Waals surface area contributed by atoms with Crippen LogP contribution in [0.2, 0.25) is 0 Å². The smallest absolute Gasteiger partial charge is 0.264 e. The molecule has 0 bridgehead atoms. The van der Waals surface area contributed by atoms with Gasteiger partial charge in [-0.25, -0.2) is 8.42 Å². The van der Waals surface area contributed by atoms with E-state index in [1.807, 2.05) is 19.1 Å². The maximum absolute atomic E-state index is 13.2. The molecular formula is C19H22N2O4S. The van der Waals surface area contributed by atoms with Gasteiger partial charge < -0.3 is 9.64 Å². The average Bonchev–Trinajstić information content (AvgIpc) is 2.68. The number of para-hydroxylation sites is 1. The fourth-order valence-electron chi connectivity index (χ4n) is 2.90. The van der Waals surface area contributed by atoms with E-state index in [-0.39, 0.29) is 17.3 Å². The minimum Gasteiger partial charge on any atom is -0.378 e. The van der Waals surface area contributed by atoms with Crippen molar-refractivity contribution < 1.29 is 17.9 Å². The van der Waals surface area contributed by atoms with Gasteiger partial charge in [-0.05, 0) is 30.7 Å². The van der Waals surface area contributed by atoms with Crippen LogP contribution in [0.1, 0.15) is 5.56 Å². The molecule has 7 heteroatoms. The summed E-state index contributed by atoms with van der Waals surface area (Å²) in [5, 5.41) is 0. The Bertz CT molecular complexity index is 862. The van der Waals surface area contributed by atoms with Gasteiger partial charge >= 0.3 is 0 Å². The molecule has 1 aliphatic rings. The summed E-state index contributed by atoms with van der Waals surface area (Å²) in [6, 6.07) is 15.4. The molecule has 0 saturated carbocycles. The van der Waals surface area contributed by atoms with Gasteiger partial charge in [0.25, 0.3) is 10.0 Å². The van der Waals surface area contributed by atoms with E-state index < -0.39 is 10.0 Å². The lowest BCUT2D eigenvalue weighted by Crippen LogP contribution is -2.47. The number of nitrogens with zero attached hydrogens (tertiary/aromatic N) is 2. The summed E-state index contributed by atoms with van der Waals surface area (Å²) in [6.45, 7) is 3.50. The second kappa shape index (κ2) is 7.88. The number of hydrogen-bond acceptors (Lipinski definition) is 4. The third-order valence-electron chi connectivity index (χ3n) is 4.36. The number of ether oxygens (including phenoxy) is 1. The highest BCUT2D eigenvalue weighted by Crippen LogP contribution is 2.26. The van der Waals surface area contributed by atoms with Crippen LogP contribution in [0.5, 0.6) is 0 Å².